The molecule has 2 N–H and O–H groups in total. The van der Waals surface area contributed by atoms with E-state index < -0.39 is 0 Å². The normalized spacial score (nSPS) is 25.5. The first-order valence-electron chi connectivity index (χ1n) is 7.63. The molecule has 3 atom stereocenters. The molecule has 2 fully saturated rings. The lowest BCUT2D eigenvalue weighted by molar-refractivity contribution is 0.0891. The summed E-state index contributed by atoms with van der Waals surface area (Å²) in [6, 6.07) is 6.47. The first-order valence-corrected chi connectivity index (χ1v) is 7.63. The van der Waals surface area contributed by atoms with Crippen LogP contribution in [0.1, 0.15) is 29.9 Å². The first-order chi connectivity index (χ1) is 11.2. The van der Waals surface area contributed by atoms with Gasteiger partial charge in [0.05, 0.1) is 0 Å². The number of aromatic nitrogens is 1. The summed E-state index contributed by atoms with van der Waals surface area (Å²) < 4.78 is 23.5. The number of oxazole rings is 1. The van der Waals surface area contributed by atoms with Gasteiger partial charge in [-0.25, -0.2) is 9.37 Å². The molecule has 4 rings (SSSR count). The summed E-state index contributed by atoms with van der Waals surface area (Å²) in [4.78, 5) is 16.1. The minimum Gasteiger partial charge on any atom is -0.425 e. The summed E-state index contributed by atoms with van der Waals surface area (Å²) in [6.45, 7) is 0. The zero-order valence-corrected chi connectivity index (χ0v) is 12.3. The molecule has 0 aliphatic carbocycles. The van der Waals surface area contributed by atoms with E-state index in [1.807, 2.05) is 0 Å². The van der Waals surface area contributed by atoms with Crippen LogP contribution >= 0.6 is 0 Å². The van der Waals surface area contributed by atoms with Crippen LogP contribution in [-0.4, -0.2) is 29.0 Å². The molecule has 1 aromatic carbocycles. The fraction of sp³-hybridized carbons (Fsp3) is 0.375. The van der Waals surface area contributed by atoms with Gasteiger partial charge in [0.2, 0.25) is 0 Å². The van der Waals surface area contributed by atoms with E-state index in [1.54, 1.807) is 0 Å². The molecule has 0 spiro atoms. The third-order valence-corrected chi connectivity index (χ3v) is 4.33. The molecule has 3 heterocycles. The van der Waals surface area contributed by atoms with Crippen molar-refractivity contribution in [1.82, 2.24) is 15.6 Å². The van der Waals surface area contributed by atoms with Crippen LogP contribution in [0.15, 0.2) is 34.9 Å². The van der Waals surface area contributed by atoms with E-state index in [0.29, 0.717) is 17.8 Å². The Morgan fingerprint density at radius 2 is 2.17 bits per heavy atom. The summed E-state index contributed by atoms with van der Waals surface area (Å²) >= 11 is 0. The Morgan fingerprint density at radius 3 is 2.87 bits per heavy atom. The van der Waals surface area contributed by atoms with E-state index in [4.69, 9.17) is 9.15 Å². The minimum absolute atomic E-state index is 0.0371. The Balaban J connectivity index is 1.39. The van der Waals surface area contributed by atoms with E-state index in [2.05, 4.69) is 15.6 Å². The second-order valence-corrected chi connectivity index (χ2v) is 5.90. The van der Waals surface area contributed by atoms with Crippen molar-refractivity contribution in [2.75, 3.05) is 0 Å². The summed E-state index contributed by atoms with van der Waals surface area (Å²) in [5.41, 5.74) is 0. The fourth-order valence-corrected chi connectivity index (χ4v) is 3.24. The van der Waals surface area contributed by atoms with Crippen molar-refractivity contribution in [3.63, 3.8) is 0 Å². The first kappa shape index (κ1) is 14.2. The van der Waals surface area contributed by atoms with E-state index >= 15 is 0 Å². The van der Waals surface area contributed by atoms with Gasteiger partial charge in [0.1, 0.15) is 17.8 Å². The average Bonchev–Trinajstić information content (AvgIpc) is 3.26. The molecule has 23 heavy (non-hydrogen) atoms. The largest absolute Gasteiger partial charge is 0.425 e. The van der Waals surface area contributed by atoms with Crippen LogP contribution < -0.4 is 15.4 Å². The maximum absolute atomic E-state index is 12.8. The highest BCUT2D eigenvalue weighted by Crippen LogP contribution is 2.28. The Morgan fingerprint density at radius 1 is 1.35 bits per heavy atom. The molecule has 1 amide bonds. The van der Waals surface area contributed by atoms with Crippen molar-refractivity contribution in [2.24, 2.45) is 0 Å². The van der Waals surface area contributed by atoms with Crippen molar-refractivity contribution in [3.8, 4) is 11.7 Å². The van der Waals surface area contributed by atoms with Gasteiger partial charge in [-0.3, -0.25) is 4.79 Å². The van der Waals surface area contributed by atoms with Gasteiger partial charge < -0.3 is 19.8 Å². The third kappa shape index (κ3) is 2.92. The Bertz CT molecular complexity index is 716. The predicted molar refractivity (Wildman–Crippen MR) is 78.8 cm³/mol. The highest BCUT2D eigenvalue weighted by Gasteiger charge is 2.40. The predicted octanol–water partition coefficient (Wildman–Crippen LogP) is 2.23. The average molecular weight is 317 g/mol. The lowest BCUT2D eigenvalue weighted by atomic mass is 9.95. The number of carbonyl (C=O) groups excluding carboxylic acids is 1. The molecular weight excluding hydrogens is 301 g/mol. The Labute approximate surface area is 132 Å². The molecule has 2 aromatic rings. The van der Waals surface area contributed by atoms with Gasteiger partial charge in [-0.1, -0.05) is 0 Å². The van der Waals surface area contributed by atoms with Crippen LogP contribution in [-0.2, 0) is 0 Å². The molecule has 7 heteroatoms. The van der Waals surface area contributed by atoms with Crippen molar-refractivity contribution in [2.45, 2.75) is 37.4 Å². The molecule has 0 radical (unpaired) electrons. The maximum Gasteiger partial charge on any atom is 0.311 e. The van der Waals surface area contributed by atoms with Crippen LogP contribution in [0.2, 0.25) is 0 Å². The second-order valence-electron chi connectivity index (χ2n) is 5.90. The summed E-state index contributed by atoms with van der Waals surface area (Å²) in [5.74, 6) is -0.239. The highest BCUT2D eigenvalue weighted by molar-refractivity contribution is 5.90. The molecule has 1 aromatic heterocycles. The molecule has 3 unspecified atom stereocenters. The molecule has 2 aliphatic rings. The SMILES string of the molecule is O=C(NC1CC2CCC1N2)c1ncc(Oc2ccc(F)cc2)o1. The summed E-state index contributed by atoms with van der Waals surface area (Å²) in [7, 11) is 0. The van der Waals surface area contributed by atoms with Crippen LogP contribution in [0.25, 0.3) is 0 Å². The van der Waals surface area contributed by atoms with Crippen molar-refractivity contribution >= 4 is 5.91 Å². The van der Waals surface area contributed by atoms with Gasteiger partial charge in [0.25, 0.3) is 5.89 Å². The van der Waals surface area contributed by atoms with Crippen molar-refractivity contribution in [1.29, 1.82) is 0 Å². The van der Waals surface area contributed by atoms with Gasteiger partial charge in [-0.2, -0.15) is 0 Å². The lowest BCUT2D eigenvalue weighted by Crippen LogP contribution is -2.43. The third-order valence-electron chi connectivity index (χ3n) is 4.33. The monoisotopic (exact) mass is 317 g/mol. The Hall–Kier alpha value is -2.41. The zero-order chi connectivity index (χ0) is 15.8. The summed E-state index contributed by atoms with van der Waals surface area (Å²) in [5, 5.41) is 6.40. The number of carbonyl (C=O) groups is 1. The van der Waals surface area contributed by atoms with Crippen LogP contribution in [0, 0.1) is 5.82 Å². The number of fused-ring (bicyclic) bond motifs is 2. The number of nitrogens with zero attached hydrogens (tertiary/aromatic N) is 1. The van der Waals surface area contributed by atoms with Gasteiger partial charge in [-0.05, 0) is 43.5 Å². The number of benzene rings is 1. The van der Waals surface area contributed by atoms with Crippen LogP contribution in [0.4, 0.5) is 4.39 Å². The quantitative estimate of drug-likeness (QED) is 0.904. The van der Waals surface area contributed by atoms with Gasteiger partial charge >= 0.3 is 11.9 Å². The summed E-state index contributed by atoms with van der Waals surface area (Å²) in [6.07, 6.45) is 4.53. The van der Waals surface area contributed by atoms with E-state index in [9.17, 15) is 9.18 Å². The Kier molecular flexibility index (Phi) is 3.49. The standard InChI is InChI=1S/C16H16FN3O3/c17-9-1-4-11(5-2-9)22-14-8-18-16(23-14)15(21)20-13-7-10-3-6-12(13)19-10/h1-2,4-5,8,10,12-13,19H,3,6-7H2,(H,20,21). The number of nitrogens with one attached hydrogen (secondary N) is 2. The van der Waals surface area contributed by atoms with Crippen molar-refractivity contribution in [3.05, 3.63) is 42.2 Å². The zero-order valence-electron chi connectivity index (χ0n) is 12.3. The van der Waals surface area contributed by atoms with E-state index in [-0.39, 0.29) is 29.6 Å². The van der Waals surface area contributed by atoms with Crippen LogP contribution in [0.3, 0.4) is 0 Å². The fourth-order valence-electron chi connectivity index (χ4n) is 3.24. The number of ether oxygens (including phenoxy) is 1. The van der Waals surface area contributed by atoms with E-state index in [0.717, 1.165) is 12.8 Å². The van der Waals surface area contributed by atoms with Gasteiger partial charge in [0.15, 0.2) is 0 Å². The number of hydrogen-bond donors (Lipinski definition) is 2. The maximum atomic E-state index is 12.8. The number of halogens is 1. The van der Waals surface area contributed by atoms with Crippen LogP contribution in [0.5, 0.6) is 11.7 Å². The molecular formula is C16H16FN3O3. The molecule has 2 bridgehead atoms. The molecule has 6 nitrogen and oxygen atoms in total. The van der Waals surface area contributed by atoms with E-state index in [1.165, 1.54) is 36.9 Å². The smallest absolute Gasteiger partial charge is 0.311 e. The number of hydrogen-bond acceptors (Lipinski definition) is 5. The number of rotatable bonds is 4. The van der Waals surface area contributed by atoms with Gasteiger partial charge in [-0.15, -0.1) is 0 Å². The highest BCUT2D eigenvalue weighted by atomic mass is 19.1. The molecule has 120 valence electrons. The van der Waals surface area contributed by atoms with Gasteiger partial charge in [0, 0.05) is 18.1 Å². The molecule has 0 saturated carbocycles. The lowest BCUT2D eigenvalue weighted by Gasteiger charge is -2.20. The molecule has 2 aliphatic heterocycles. The molecule has 2 saturated heterocycles. The minimum atomic E-state index is -0.352. The topological polar surface area (TPSA) is 76.4 Å². The second kappa shape index (κ2) is 5.66. The number of amides is 1. The van der Waals surface area contributed by atoms with Crippen molar-refractivity contribution < 1.29 is 18.3 Å².